The van der Waals surface area contributed by atoms with Gasteiger partial charge in [-0.1, -0.05) is 13.8 Å². The molecule has 3 saturated heterocycles. The number of ketones is 1. The molecule has 0 aromatic heterocycles. The summed E-state index contributed by atoms with van der Waals surface area (Å²) in [5.74, 6) is -0.984. The highest BCUT2D eigenvalue weighted by Gasteiger charge is 2.51. The summed E-state index contributed by atoms with van der Waals surface area (Å²) < 4.78 is 24.8. The second kappa shape index (κ2) is 13.0. The van der Waals surface area contributed by atoms with E-state index >= 15 is 0 Å². The molecule has 3 rings (SSSR count). The van der Waals surface area contributed by atoms with Gasteiger partial charge in [0, 0.05) is 50.7 Å². The highest BCUT2D eigenvalue weighted by Crippen LogP contribution is 2.38. The van der Waals surface area contributed by atoms with Crippen molar-refractivity contribution in [3.05, 3.63) is 0 Å². The van der Waals surface area contributed by atoms with Gasteiger partial charge in [-0.2, -0.15) is 0 Å². The Morgan fingerprint density at radius 3 is 2.23 bits per heavy atom. The molecular formula is C30H55N3O7. The van der Waals surface area contributed by atoms with E-state index in [0.717, 1.165) is 19.6 Å². The van der Waals surface area contributed by atoms with Crippen molar-refractivity contribution in [1.82, 2.24) is 14.7 Å². The van der Waals surface area contributed by atoms with E-state index in [4.69, 9.17) is 18.9 Å². The van der Waals surface area contributed by atoms with Crippen molar-refractivity contribution in [1.29, 1.82) is 0 Å². The van der Waals surface area contributed by atoms with Crippen LogP contribution in [0, 0.1) is 23.2 Å². The Morgan fingerprint density at radius 2 is 1.68 bits per heavy atom. The Kier molecular flexibility index (Phi) is 10.9. The Labute approximate surface area is 241 Å². The molecule has 10 heteroatoms. The molecule has 1 N–H and O–H groups in total. The van der Waals surface area contributed by atoms with Crippen molar-refractivity contribution in [3.8, 4) is 0 Å². The van der Waals surface area contributed by atoms with E-state index in [9.17, 15) is 14.7 Å². The lowest BCUT2D eigenvalue weighted by atomic mass is 9.74. The van der Waals surface area contributed by atoms with Crippen molar-refractivity contribution in [3.63, 3.8) is 0 Å². The fourth-order valence-corrected chi connectivity index (χ4v) is 7.05. The fraction of sp³-hybridized carbons (Fsp3) is 0.933. The minimum Gasteiger partial charge on any atom is -0.463 e. The molecule has 3 fully saturated rings. The Bertz CT molecular complexity index is 879. The summed E-state index contributed by atoms with van der Waals surface area (Å²) in [6, 6.07) is -0.104. The lowest BCUT2D eigenvalue weighted by molar-refractivity contribution is -0.295. The summed E-state index contributed by atoms with van der Waals surface area (Å²) in [4.78, 5) is 34.0. The molecule has 0 aromatic rings. The Balaban J connectivity index is 1.98. The number of hydrogen-bond acceptors (Lipinski definition) is 10. The molecule has 0 unspecified atom stereocenters. The Morgan fingerprint density at radius 1 is 1.05 bits per heavy atom. The maximum Gasteiger partial charge on any atom is 0.319 e. The molecule has 0 aromatic carbocycles. The van der Waals surface area contributed by atoms with E-state index in [0.29, 0.717) is 18.8 Å². The standard InChI is InChI=1S/C30H55N3O7/c1-18-13-30(6,37-11)26(40-27-24(34)22(31(7)8)12-19(2)39-27)20(3)25(35)29(4,5)28(36)38-17-23(33(10)14-18)21-15-32(9)16-21/h18-24,26-27,34H,12-17H2,1-11H3/t18-,19-,20+,22+,23+,24-,26-,27+,30-/m1/s1. The zero-order chi connectivity index (χ0) is 30.2. The number of esters is 1. The lowest BCUT2D eigenvalue weighted by Gasteiger charge is -2.47. The van der Waals surface area contributed by atoms with Crippen molar-refractivity contribution in [2.45, 2.75) is 96.7 Å². The summed E-state index contributed by atoms with van der Waals surface area (Å²) in [6.45, 7) is 14.0. The van der Waals surface area contributed by atoms with E-state index in [-0.39, 0.29) is 36.5 Å². The van der Waals surface area contributed by atoms with Crippen LogP contribution in [0.4, 0.5) is 0 Å². The second-order valence-electron chi connectivity index (χ2n) is 13.8. The van der Waals surface area contributed by atoms with Gasteiger partial charge in [-0.15, -0.1) is 0 Å². The number of carbonyl (C=O) groups excluding carboxylic acids is 2. The zero-order valence-electron chi connectivity index (χ0n) is 26.7. The SMILES string of the molecule is CO[C@]1(C)C[C@@H](C)CN(C)[C@H](C2CN(C)C2)COC(=O)C(C)(C)C(=O)[C@H](C)[C@H]1O[C@@H]1O[C@H](C)C[C@H](N(C)C)[C@H]1O. The van der Waals surface area contributed by atoms with Gasteiger partial charge in [0.2, 0.25) is 0 Å². The molecular weight excluding hydrogens is 514 g/mol. The van der Waals surface area contributed by atoms with Gasteiger partial charge in [-0.25, -0.2) is 0 Å². The number of ether oxygens (including phenoxy) is 4. The van der Waals surface area contributed by atoms with E-state index in [1.54, 1.807) is 27.9 Å². The summed E-state index contributed by atoms with van der Waals surface area (Å²) in [5, 5.41) is 11.2. The van der Waals surface area contributed by atoms with Gasteiger partial charge in [-0.05, 0) is 74.6 Å². The molecule has 9 atom stereocenters. The predicted molar refractivity (Wildman–Crippen MR) is 153 cm³/mol. The van der Waals surface area contributed by atoms with Crippen LogP contribution in [0.25, 0.3) is 0 Å². The second-order valence-corrected chi connectivity index (χ2v) is 13.8. The topological polar surface area (TPSA) is 101 Å². The van der Waals surface area contributed by atoms with Crippen molar-refractivity contribution in [2.75, 3.05) is 61.5 Å². The highest BCUT2D eigenvalue weighted by atomic mass is 16.7. The van der Waals surface area contributed by atoms with Crippen LogP contribution in [0.15, 0.2) is 0 Å². The summed E-state index contributed by atoms with van der Waals surface area (Å²) >= 11 is 0. The number of aliphatic hydroxyl groups is 1. The first-order valence-corrected chi connectivity index (χ1v) is 14.8. The molecule has 3 heterocycles. The summed E-state index contributed by atoms with van der Waals surface area (Å²) in [7, 11) is 9.66. The maximum atomic E-state index is 14.1. The zero-order valence-corrected chi connectivity index (χ0v) is 26.7. The molecule has 0 amide bonds. The third-order valence-corrected chi connectivity index (χ3v) is 9.56. The molecule has 0 aliphatic carbocycles. The van der Waals surface area contributed by atoms with Gasteiger partial charge < -0.3 is 33.9 Å². The number of likely N-dealkylation sites (tertiary alicyclic amines) is 1. The van der Waals surface area contributed by atoms with E-state index in [1.807, 2.05) is 32.8 Å². The molecule has 3 aliphatic rings. The van der Waals surface area contributed by atoms with Gasteiger partial charge in [0.15, 0.2) is 12.1 Å². The fourth-order valence-electron chi connectivity index (χ4n) is 7.05. The number of methoxy groups -OCH3 is 1. The van der Waals surface area contributed by atoms with Crippen LogP contribution in [-0.2, 0) is 28.5 Å². The molecule has 3 aliphatic heterocycles. The molecule has 40 heavy (non-hydrogen) atoms. The quantitative estimate of drug-likeness (QED) is 0.390. The van der Waals surface area contributed by atoms with Crippen LogP contribution in [-0.4, -0.2) is 135 Å². The third-order valence-electron chi connectivity index (χ3n) is 9.56. The van der Waals surface area contributed by atoms with Gasteiger partial charge >= 0.3 is 5.97 Å². The van der Waals surface area contributed by atoms with Crippen molar-refractivity contribution < 1.29 is 33.6 Å². The van der Waals surface area contributed by atoms with Crippen LogP contribution in [0.2, 0.25) is 0 Å². The number of aliphatic hydroxyl groups excluding tert-OH is 1. The summed E-state index contributed by atoms with van der Waals surface area (Å²) in [5.41, 5.74) is -2.28. The third kappa shape index (κ3) is 7.07. The minimum absolute atomic E-state index is 0.0581. The number of likely N-dealkylation sites (N-methyl/N-ethyl adjacent to an activating group) is 2. The molecule has 0 radical (unpaired) electrons. The van der Waals surface area contributed by atoms with Crippen molar-refractivity contribution in [2.24, 2.45) is 23.2 Å². The number of nitrogens with zero attached hydrogens (tertiary/aromatic N) is 3. The molecule has 232 valence electrons. The summed E-state index contributed by atoms with van der Waals surface area (Å²) in [6.07, 6.45) is -1.52. The van der Waals surface area contributed by atoms with Gasteiger partial charge in [-0.3, -0.25) is 14.5 Å². The molecule has 0 bridgehead atoms. The number of Topliss-reactive ketones (excluding diaryl/α,β-unsaturated/α-hetero) is 1. The Hall–Kier alpha value is -1.14. The normalized spacial score (nSPS) is 41.5. The number of cyclic esters (lactones) is 1. The largest absolute Gasteiger partial charge is 0.463 e. The molecule has 10 nitrogen and oxygen atoms in total. The average Bonchev–Trinajstić information content (AvgIpc) is 2.85. The number of carbonyl (C=O) groups is 2. The smallest absolute Gasteiger partial charge is 0.319 e. The van der Waals surface area contributed by atoms with E-state index in [1.165, 1.54) is 0 Å². The van der Waals surface area contributed by atoms with Gasteiger partial charge in [0.1, 0.15) is 18.1 Å². The van der Waals surface area contributed by atoms with Crippen LogP contribution in [0.1, 0.15) is 54.4 Å². The first-order valence-electron chi connectivity index (χ1n) is 14.8. The average molecular weight is 570 g/mol. The first kappa shape index (κ1) is 33.4. The van der Waals surface area contributed by atoms with E-state index in [2.05, 4.69) is 30.8 Å². The maximum absolute atomic E-state index is 14.1. The van der Waals surface area contributed by atoms with Gasteiger partial charge in [0.05, 0.1) is 17.8 Å². The predicted octanol–water partition coefficient (Wildman–Crippen LogP) is 1.88. The highest BCUT2D eigenvalue weighted by molar-refractivity contribution is 6.04. The molecule has 0 saturated carbocycles. The number of hydrogen-bond donors (Lipinski definition) is 1. The minimum atomic E-state index is -1.39. The molecule has 0 spiro atoms. The van der Waals surface area contributed by atoms with Crippen LogP contribution in [0.5, 0.6) is 0 Å². The van der Waals surface area contributed by atoms with Crippen LogP contribution >= 0.6 is 0 Å². The first-order chi connectivity index (χ1) is 18.5. The van der Waals surface area contributed by atoms with Gasteiger partial charge in [0.25, 0.3) is 0 Å². The van der Waals surface area contributed by atoms with Crippen LogP contribution < -0.4 is 0 Å². The monoisotopic (exact) mass is 569 g/mol. The van der Waals surface area contributed by atoms with Crippen molar-refractivity contribution >= 4 is 11.8 Å². The lowest BCUT2D eigenvalue weighted by Crippen LogP contribution is -2.59. The van der Waals surface area contributed by atoms with Crippen LogP contribution in [0.3, 0.4) is 0 Å². The van der Waals surface area contributed by atoms with E-state index < -0.39 is 41.4 Å². The number of rotatable bonds is 5.